The van der Waals surface area contributed by atoms with E-state index in [-0.39, 0.29) is 17.0 Å². The van der Waals surface area contributed by atoms with Crippen molar-refractivity contribution in [3.05, 3.63) is 0 Å². The highest BCUT2D eigenvalue weighted by molar-refractivity contribution is 5.13. The second-order valence-corrected chi connectivity index (χ2v) is 10.9. The minimum Gasteiger partial charge on any atom is -0.348 e. The van der Waals surface area contributed by atoms with Crippen molar-refractivity contribution in [2.24, 2.45) is 34.5 Å². The number of fused-ring (bicyclic) bond motifs is 6. The van der Waals surface area contributed by atoms with E-state index in [2.05, 4.69) is 13.8 Å². The first-order valence-electron chi connectivity index (χ1n) is 11.6. The van der Waals surface area contributed by atoms with Crippen molar-refractivity contribution in [3.63, 3.8) is 0 Å². The van der Waals surface area contributed by atoms with Crippen molar-refractivity contribution in [1.29, 1.82) is 0 Å². The highest BCUT2D eigenvalue weighted by Crippen LogP contribution is 2.70. The van der Waals surface area contributed by atoms with Crippen LogP contribution in [0.4, 0.5) is 0 Å². The van der Waals surface area contributed by atoms with Crippen LogP contribution in [0.5, 0.6) is 0 Å². The van der Waals surface area contributed by atoms with Crippen LogP contribution in [0.2, 0.25) is 0 Å². The van der Waals surface area contributed by atoms with Gasteiger partial charge in [-0.05, 0) is 67.6 Å². The topological polar surface area (TPSA) is 36.9 Å². The summed E-state index contributed by atoms with van der Waals surface area (Å²) in [5.41, 5.74) is 0.694. The molecule has 4 aliphatic carbocycles. The SMILES string of the molecule is C[C@@]12CCC3(C[C@H]1CC[C@H]1[C@H]2CC[C@@]2(C)[C@H]1CCC21OCCO1)OCCO3. The van der Waals surface area contributed by atoms with Crippen LogP contribution < -0.4 is 0 Å². The van der Waals surface area contributed by atoms with Crippen LogP contribution in [-0.4, -0.2) is 38.0 Å². The Morgan fingerprint density at radius 1 is 0.667 bits per heavy atom. The zero-order chi connectivity index (χ0) is 18.3. The lowest BCUT2D eigenvalue weighted by Crippen LogP contribution is -2.58. The van der Waals surface area contributed by atoms with E-state index in [1.807, 2.05) is 0 Å². The van der Waals surface area contributed by atoms with E-state index in [1.165, 1.54) is 38.5 Å². The Morgan fingerprint density at radius 3 is 2.15 bits per heavy atom. The molecule has 6 atom stereocenters. The Hall–Kier alpha value is -0.160. The minimum absolute atomic E-state index is 0.224. The number of hydrogen-bond donors (Lipinski definition) is 0. The molecule has 0 radical (unpaired) electrons. The van der Waals surface area contributed by atoms with Gasteiger partial charge in [-0.15, -0.1) is 0 Å². The van der Waals surface area contributed by atoms with Gasteiger partial charge in [0, 0.05) is 24.7 Å². The third-order valence-corrected chi connectivity index (χ3v) is 10.3. The summed E-state index contributed by atoms with van der Waals surface area (Å²) in [5, 5.41) is 0. The highest BCUT2D eigenvalue weighted by atomic mass is 16.7. The fourth-order valence-corrected chi connectivity index (χ4v) is 8.84. The van der Waals surface area contributed by atoms with Gasteiger partial charge in [0.1, 0.15) is 0 Å². The molecule has 2 heterocycles. The van der Waals surface area contributed by atoms with Crippen molar-refractivity contribution >= 4 is 0 Å². The lowest BCUT2D eigenvalue weighted by atomic mass is 9.44. The summed E-state index contributed by atoms with van der Waals surface area (Å²) in [4.78, 5) is 0. The largest absolute Gasteiger partial charge is 0.348 e. The first-order chi connectivity index (χ1) is 13.0. The van der Waals surface area contributed by atoms with Crippen LogP contribution in [0.15, 0.2) is 0 Å². The van der Waals surface area contributed by atoms with Crippen molar-refractivity contribution in [2.75, 3.05) is 26.4 Å². The molecule has 0 aromatic rings. The summed E-state index contributed by atoms with van der Waals surface area (Å²) >= 11 is 0. The molecule has 6 rings (SSSR count). The predicted molar refractivity (Wildman–Crippen MR) is 101 cm³/mol. The molecule has 2 aliphatic heterocycles. The summed E-state index contributed by atoms with van der Waals surface area (Å²) < 4.78 is 24.8. The van der Waals surface area contributed by atoms with E-state index in [4.69, 9.17) is 18.9 Å². The Morgan fingerprint density at radius 2 is 1.37 bits per heavy atom. The normalized spacial score (nSPS) is 52.7. The third kappa shape index (κ3) is 2.19. The van der Waals surface area contributed by atoms with Gasteiger partial charge in [-0.3, -0.25) is 0 Å². The summed E-state index contributed by atoms with van der Waals surface area (Å²) in [6.45, 7) is 8.27. The first-order valence-corrected chi connectivity index (χ1v) is 11.6. The van der Waals surface area contributed by atoms with E-state index in [0.717, 1.165) is 69.4 Å². The van der Waals surface area contributed by atoms with Gasteiger partial charge in [0.25, 0.3) is 0 Å². The van der Waals surface area contributed by atoms with Crippen molar-refractivity contribution in [2.45, 2.75) is 83.2 Å². The molecule has 6 aliphatic rings. The van der Waals surface area contributed by atoms with E-state index < -0.39 is 0 Å². The standard InChI is InChI=1S/C23H36O4/c1-20-9-10-22(24-11-12-25-22)15-16(20)3-4-17-18(20)5-7-21(2)19(17)6-8-23(21)26-13-14-27-23/h16-19H,3-15H2,1-2H3/t16-,17+,18-,19+,20-,21+/m1/s1. The molecule has 27 heavy (non-hydrogen) atoms. The maximum Gasteiger partial charge on any atom is 0.174 e. The molecule has 0 aromatic heterocycles. The molecule has 152 valence electrons. The average Bonchev–Trinajstić information content (AvgIpc) is 3.38. The number of ether oxygens (including phenoxy) is 4. The Balaban J connectivity index is 1.28. The molecule has 0 bridgehead atoms. The van der Waals surface area contributed by atoms with Crippen LogP contribution in [0.1, 0.15) is 71.6 Å². The summed E-state index contributed by atoms with van der Waals surface area (Å²) in [7, 11) is 0. The Labute approximate surface area is 163 Å². The molecular formula is C23H36O4. The van der Waals surface area contributed by atoms with Crippen molar-refractivity contribution in [3.8, 4) is 0 Å². The average molecular weight is 377 g/mol. The van der Waals surface area contributed by atoms with E-state index in [1.54, 1.807) is 0 Å². The molecule has 6 fully saturated rings. The van der Waals surface area contributed by atoms with Crippen LogP contribution in [0, 0.1) is 34.5 Å². The van der Waals surface area contributed by atoms with Crippen LogP contribution in [0.3, 0.4) is 0 Å². The van der Waals surface area contributed by atoms with Gasteiger partial charge in [-0.25, -0.2) is 0 Å². The molecular weight excluding hydrogens is 340 g/mol. The number of hydrogen-bond acceptors (Lipinski definition) is 4. The fraction of sp³-hybridized carbons (Fsp3) is 1.00. The first kappa shape index (κ1) is 17.7. The quantitative estimate of drug-likeness (QED) is 0.623. The highest BCUT2D eigenvalue weighted by Gasteiger charge is 2.67. The third-order valence-electron chi connectivity index (χ3n) is 10.3. The predicted octanol–water partition coefficient (Wildman–Crippen LogP) is 4.52. The zero-order valence-corrected chi connectivity index (χ0v) is 17.1. The summed E-state index contributed by atoms with van der Waals surface area (Å²) in [5.74, 6) is 2.78. The number of rotatable bonds is 0. The second kappa shape index (κ2) is 5.71. The van der Waals surface area contributed by atoms with Gasteiger partial charge in [0.15, 0.2) is 11.6 Å². The van der Waals surface area contributed by atoms with Crippen LogP contribution in [0.25, 0.3) is 0 Å². The van der Waals surface area contributed by atoms with Gasteiger partial charge in [-0.1, -0.05) is 13.8 Å². The monoisotopic (exact) mass is 376 g/mol. The van der Waals surface area contributed by atoms with Gasteiger partial charge in [0.05, 0.1) is 26.4 Å². The second-order valence-electron chi connectivity index (χ2n) is 10.9. The molecule has 0 N–H and O–H groups in total. The molecule has 0 unspecified atom stereocenters. The van der Waals surface area contributed by atoms with Gasteiger partial charge < -0.3 is 18.9 Å². The lowest BCUT2D eigenvalue weighted by molar-refractivity contribution is -0.257. The molecule has 0 aromatic carbocycles. The molecule has 4 saturated carbocycles. The molecule has 0 amide bonds. The molecule has 4 heteroatoms. The van der Waals surface area contributed by atoms with Gasteiger partial charge >= 0.3 is 0 Å². The summed E-state index contributed by atoms with van der Waals surface area (Å²) in [6.07, 6.45) is 11.3. The van der Waals surface area contributed by atoms with Gasteiger partial charge in [-0.2, -0.15) is 0 Å². The van der Waals surface area contributed by atoms with Gasteiger partial charge in [0.2, 0.25) is 0 Å². The van der Waals surface area contributed by atoms with Crippen molar-refractivity contribution in [1.82, 2.24) is 0 Å². The van der Waals surface area contributed by atoms with E-state index >= 15 is 0 Å². The molecule has 2 spiro atoms. The van der Waals surface area contributed by atoms with Crippen LogP contribution in [-0.2, 0) is 18.9 Å². The van der Waals surface area contributed by atoms with Crippen LogP contribution >= 0.6 is 0 Å². The summed E-state index contributed by atoms with van der Waals surface area (Å²) in [6, 6.07) is 0. The Bertz CT molecular complexity index is 607. The Kier molecular flexibility index (Phi) is 3.74. The maximum atomic E-state index is 6.29. The lowest BCUT2D eigenvalue weighted by Gasteiger charge is -2.62. The molecule has 4 nitrogen and oxygen atoms in total. The van der Waals surface area contributed by atoms with E-state index in [9.17, 15) is 0 Å². The minimum atomic E-state index is -0.261. The molecule has 2 saturated heterocycles. The van der Waals surface area contributed by atoms with E-state index in [0.29, 0.717) is 5.41 Å². The zero-order valence-electron chi connectivity index (χ0n) is 17.1. The smallest absolute Gasteiger partial charge is 0.174 e. The maximum absolute atomic E-state index is 6.29. The van der Waals surface area contributed by atoms with Crippen molar-refractivity contribution < 1.29 is 18.9 Å². The fourth-order valence-electron chi connectivity index (χ4n) is 8.84.